The van der Waals surface area contributed by atoms with Crippen LogP contribution in [0.15, 0.2) is 39.0 Å². The molecule has 1 saturated heterocycles. The number of benzene rings is 1. The van der Waals surface area contributed by atoms with Gasteiger partial charge in [0.05, 0.1) is 11.4 Å². The number of piperidine rings is 1. The highest BCUT2D eigenvalue weighted by Gasteiger charge is 2.19. The Balaban J connectivity index is 2.09. The van der Waals surface area contributed by atoms with Gasteiger partial charge in [-0.05, 0) is 50.5 Å². The molecule has 0 atom stereocenters. The van der Waals surface area contributed by atoms with Crippen molar-refractivity contribution in [2.45, 2.75) is 26.2 Å². The molecule has 0 radical (unpaired) electrons. The van der Waals surface area contributed by atoms with E-state index in [1.54, 1.807) is 31.2 Å². The Kier molecular flexibility index (Phi) is 4.94. The van der Waals surface area contributed by atoms with Crippen molar-refractivity contribution in [2.24, 2.45) is 5.10 Å². The summed E-state index contributed by atoms with van der Waals surface area (Å²) >= 11 is 5.86. The molecule has 0 aliphatic carbocycles. The van der Waals surface area contributed by atoms with E-state index in [1.807, 2.05) is 5.01 Å². The molecule has 1 aromatic carbocycles. The van der Waals surface area contributed by atoms with Gasteiger partial charge < -0.3 is 5.11 Å². The van der Waals surface area contributed by atoms with Gasteiger partial charge in [-0.1, -0.05) is 11.6 Å². The summed E-state index contributed by atoms with van der Waals surface area (Å²) < 4.78 is 1.03. The smallest absolute Gasteiger partial charge is 0.335 e. The van der Waals surface area contributed by atoms with Crippen LogP contribution >= 0.6 is 11.6 Å². The summed E-state index contributed by atoms with van der Waals surface area (Å²) in [6.07, 6.45) is 3.26. The van der Waals surface area contributed by atoms with Crippen LogP contribution in [0.1, 0.15) is 31.7 Å². The third-order valence-corrected chi connectivity index (χ3v) is 4.41. The van der Waals surface area contributed by atoms with E-state index in [0.717, 1.165) is 30.5 Å². The van der Waals surface area contributed by atoms with Gasteiger partial charge in [0.15, 0.2) is 0 Å². The van der Waals surface area contributed by atoms with Crippen LogP contribution in [-0.4, -0.2) is 38.5 Å². The number of aromatic amines is 1. The number of halogens is 1. The van der Waals surface area contributed by atoms with Gasteiger partial charge >= 0.3 is 5.69 Å². The number of H-pyrrole nitrogens is 1. The number of rotatable bonds is 3. The Morgan fingerprint density at radius 1 is 1.16 bits per heavy atom. The summed E-state index contributed by atoms with van der Waals surface area (Å²) in [5.74, 6) is -0.436. The summed E-state index contributed by atoms with van der Waals surface area (Å²) in [7, 11) is 0. The second-order valence-corrected chi connectivity index (χ2v) is 6.41. The number of hydrazone groups is 1. The van der Waals surface area contributed by atoms with E-state index in [2.05, 4.69) is 10.1 Å². The molecule has 1 aromatic heterocycles. The van der Waals surface area contributed by atoms with Crippen molar-refractivity contribution >= 4 is 17.3 Å². The lowest BCUT2D eigenvalue weighted by Crippen LogP contribution is -2.34. The minimum Gasteiger partial charge on any atom is -0.493 e. The van der Waals surface area contributed by atoms with Crippen LogP contribution in [0.2, 0.25) is 5.02 Å². The van der Waals surface area contributed by atoms with Gasteiger partial charge in [0.25, 0.3) is 5.56 Å². The zero-order chi connectivity index (χ0) is 18.0. The maximum Gasteiger partial charge on any atom is 0.335 e. The zero-order valence-corrected chi connectivity index (χ0v) is 14.6. The normalized spacial score (nSPS) is 15.4. The fraction of sp³-hybridized carbons (Fsp3) is 0.353. The number of nitrogens with one attached hydrogen (secondary N) is 1. The first-order chi connectivity index (χ1) is 12.0. The minimum absolute atomic E-state index is 0.0138. The Morgan fingerprint density at radius 2 is 1.80 bits per heavy atom. The Bertz CT molecular complexity index is 909. The summed E-state index contributed by atoms with van der Waals surface area (Å²) in [4.78, 5) is 26.6. The largest absolute Gasteiger partial charge is 0.493 e. The van der Waals surface area contributed by atoms with Gasteiger partial charge in [-0.3, -0.25) is 14.8 Å². The van der Waals surface area contributed by atoms with Crippen LogP contribution < -0.4 is 11.2 Å². The maximum absolute atomic E-state index is 12.2. The van der Waals surface area contributed by atoms with E-state index < -0.39 is 17.1 Å². The molecular weight excluding hydrogens is 344 g/mol. The standard InChI is InChI=1S/C17H19ClN4O3/c1-11(20-21-9-3-2-4-10-21)14-15(23)19-17(25)22(16(14)24)13-7-5-12(18)6-8-13/h5-8,24H,2-4,9-10H2,1H3,(H,19,23,25)/b20-11+. The first-order valence-electron chi connectivity index (χ1n) is 8.12. The summed E-state index contributed by atoms with van der Waals surface area (Å²) in [5, 5.41) is 17.4. The molecule has 0 bridgehead atoms. The predicted molar refractivity (Wildman–Crippen MR) is 97.0 cm³/mol. The Morgan fingerprint density at radius 3 is 2.44 bits per heavy atom. The van der Waals surface area contributed by atoms with Gasteiger partial charge in [-0.25, -0.2) is 9.36 Å². The van der Waals surface area contributed by atoms with Crippen LogP contribution in [0, 0.1) is 0 Å². The SMILES string of the molecule is C/C(=N\N1CCCCC1)c1c(O)n(-c2ccc(Cl)cc2)c(=O)[nH]c1=O. The second kappa shape index (κ2) is 7.14. The molecule has 1 aliphatic rings. The van der Waals surface area contributed by atoms with Crippen molar-refractivity contribution in [3.63, 3.8) is 0 Å². The highest BCUT2D eigenvalue weighted by molar-refractivity contribution is 6.30. The molecule has 25 heavy (non-hydrogen) atoms. The van der Waals surface area contributed by atoms with Crippen molar-refractivity contribution in [1.29, 1.82) is 0 Å². The van der Waals surface area contributed by atoms with Crippen LogP contribution in [0.5, 0.6) is 5.88 Å². The van der Waals surface area contributed by atoms with Crippen molar-refractivity contribution in [2.75, 3.05) is 13.1 Å². The van der Waals surface area contributed by atoms with E-state index in [9.17, 15) is 14.7 Å². The quantitative estimate of drug-likeness (QED) is 0.818. The highest BCUT2D eigenvalue weighted by atomic mass is 35.5. The van der Waals surface area contributed by atoms with E-state index >= 15 is 0 Å². The van der Waals surface area contributed by atoms with E-state index in [1.165, 1.54) is 6.42 Å². The van der Waals surface area contributed by atoms with Crippen LogP contribution in [-0.2, 0) is 0 Å². The fourth-order valence-corrected chi connectivity index (χ4v) is 3.05. The third kappa shape index (κ3) is 3.61. The predicted octanol–water partition coefficient (Wildman–Crippen LogP) is 2.09. The molecule has 0 spiro atoms. The molecular formula is C17H19ClN4O3. The van der Waals surface area contributed by atoms with Crippen molar-refractivity contribution < 1.29 is 5.11 Å². The van der Waals surface area contributed by atoms with Gasteiger partial charge in [-0.15, -0.1) is 0 Å². The molecule has 0 amide bonds. The Hall–Kier alpha value is -2.54. The number of nitrogens with zero attached hydrogens (tertiary/aromatic N) is 3. The van der Waals surface area contributed by atoms with Gasteiger partial charge in [0.1, 0.15) is 5.56 Å². The summed E-state index contributed by atoms with van der Waals surface area (Å²) in [5.41, 5.74) is -0.635. The van der Waals surface area contributed by atoms with Crippen LogP contribution in [0.25, 0.3) is 5.69 Å². The number of aromatic nitrogens is 2. The molecule has 3 rings (SSSR count). The van der Waals surface area contributed by atoms with Crippen molar-refractivity contribution in [3.05, 3.63) is 55.7 Å². The fourth-order valence-electron chi connectivity index (χ4n) is 2.92. The third-order valence-electron chi connectivity index (χ3n) is 4.16. The lowest BCUT2D eigenvalue weighted by atomic mass is 10.1. The molecule has 1 aliphatic heterocycles. The summed E-state index contributed by atoms with van der Waals surface area (Å²) in [6, 6.07) is 6.37. The first kappa shape index (κ1) is 17.3. The van der Waals surface area contributed by atoms with Crippen LogP contribution in [0.3, 0.4) is 0 Å². The van der Waals surface area contributed by atoms with E-state index in [4.69, 9.17) is 11.6 Å². The molecule has 7 nitrogen and oxygen atoms in total. The molecule has 2 N–H and O–H groups in total. The summed E-state index contributed by atoms with van der Waals surface area (Å²) in [6.45, 7) is 3.27. The number of aromatic hydroxyl groups is 1. The zero-order valence-electron chi connectivity index (χ0n) is 13.8. The van der Waals surface area contributed by atoms with E-state index in [-0.39, 0.29) is 5.56 Å². The van der Waals surface area contributed by atoms with E-state index in [0.29, 0.717) is 16.4 Å². The molecule has 0 unspecified atom stereocenters. The molecule has 132 valence electrons. The molecule has 8 heteroatoms. The first-order valence-corrected chi connectivity index (χ1v) is 8.50. The monoisotopic (exact) mass is 362 g/mol. The average molecular weight is 363 g/mol. The number of hydrogen-bond acceptors (Lipinski definition) is 5. The van der Waals surface area contributed by atoms with Crippen LogP contribution in [0.4, 0.5) is 0 Å². The average Bonchev–Trinajstić information content (AvgIpc) is 2.57. The lowest BCUT2D eigenvalue weighted by molar-refractivity contribution is 0.239. The second-order valence-electron chi connectivity index (χ2n) is 5.97. The van der Waals surface area contributed by atoms with Crippen molar-refractivity contribution in [1.82, 2.24) is 14.6 Å². The maximum atomic E-state index is 12.2. The van der Waals surface area contributed by atoms with Gasteiger partial charge in [0, 0.05) is 18.1 Å². The Labute approximate surface area is 149 Å². The van der Waals surface area contributed by atoms with Gasteiger partial charge in [-0.2, -0.15) is 5.10 Å². The molecule has 0 saturated carbocycles. The topological polar surface area (TPSA) is 90.7 Å². The molecule has 2 heterocycles. The number of hydrogen-bond donors (Lipinski definition) is 2. The highest BCUT2D eigenvalue weighted by Crippen LogP contribution is 2.19. The minimum atomic E-state index is -0.723. The van der Waals surface area contributed by atoms with Gasteiger partial charge in [0.2, 0.25) is 5.88 Å². The van der Waals surface area contributed by atoms with Crippen molar-refractivity contribution in [3.8, 4) is 11.6 Å². The molecule has 2 aromatic rings. The lowest BCUT2D eigenvalue weighted by Gasteiger charge is -2.24. The molecule has 1 fully saturated rings.